The molecule has 0 aliphatic heterocycles. The number of benzene rings is 1. The number of ether oxygens (including phenoxy) is 1. The highest BCUT2D eigenvalue weighted by atomic mass is 79.9. The van der Waals surface area contributed by atoms with E-state index in [4.69, 9.17) is 4.74 Å². The molecule has 0 heterocycles. The molecule has 0 bridgehead atoms. The van der Waals surface area contributed by atoms with E-state index < -0.39 is 0 Å². The molecule has 0 aromatic heterocycles. The number of amides is 1. The van der Waals surface area contributed by atoms with Gasteiger partial charge in [-0.1, -0.05) is 28.6 Å². The number of carbonyl (C=O) groups excluding carboxylic acids is 1. The summed E-state index contributed by atoms with van der Waals surface area (Å²) in [6.45, 7) is 4.19. The average Bonchev–Trinajstić information content (AvgIpc) is 2.27. The number of hydrogen-bond donors (Lipinski definition) is 0. The molecule has 1 aromatic carbocycles. The van der Waals surface area contributed by atoms with Crippen molar-refractivity contribution in [2.75, 3.05) is 20.7 Å². The summed E-state index contributed by atoms with van der Waals surface area (Å²) in [6.07, 6.45) is 0. The molecular formula is C12H14BrNO2. The van der Waals surface area contributed by atoms with Crippen molar-refractivity contribution in [3.8, 4) is 5.75 Å². The molecule has 0 aliphatic carbocycles. The van der Waals surface area contributed by atoms with Gasteiger partial charge < -0.3 is 9.64 Å². The Kier molecular flexibility index (Phi) is 4.55. The van der Waals surface area contributed by atoms with Crippen molar-refractivity contribution in [3.63, 3.8) is 0 Å². The number of methoxy groups -OCH3 is 1. The van der Waals surface area contributed by atoms with Crippen molar-refractivity contribution in [1.82, 2.24) is 4.90 Å². The number of hydrogen-bond acceptors (Lipinski definition) is 2. The Morgan fingerprint density at radius 2 is 2.25 bits per heavy atom. The summed E-state index contributed by atoms with van der Waals surface area (Å²) in [4.78, 5) is 13.5. The highest BCUT2D eigenvalue weighted by molar-refractivity contribution is 9.11. The molecule has 0 saturated heterocycles. The second-order valence-corrected chi connectivity index (χ2v) is 4.53. The van der Waals surface area contributed by atoms with Crippen molar-refractivity contribution >= 4 is 21.8 Å². The minimum absolute atomic E-state index is 0.0560. The van der Waals surface area contributed by atoms with Gasteiger partial charge in [-0.2, -0.15) is 0 Å². The highest BCUT2D eigenvalue weighted by Gasteiger charge is 2.12. The predicted octanol–water partition coefficient (Wildman–Crippen LogP) is 2.68. The van der Waals surface area contributed by atoms with Gasteiger partial charge in [0.25, 0.3) is 5.91 Å². The second-order valence-electron chi connectivity index (χ2n) is 3.41. The van der Waals surface area contributed by atoms with Gasteiger partial charge in [0.15, 0.2) is 0 Å². The van der Waals surface area contributed by atoms with Gasteiger partial charge in [-0.15, -0.1) is 0 Å². The Bertz CT molecular complexity index is 404. The number of nitrogens with zero attached hydrogens (tertiary/aromatic N) is 1. The Hall–Kier alpha value is -1.29. The van der Waals surface area contributed by atoms with Gasteiger partial charge in [-0.25, -0.2) is 0 Å². The fourth-order valence-corrected chi connectivity index (χ4v) is 1.68. The quantitative estimate of drug-likeness (QED) is 0.850. The SMILES string of the molecule is C=C(Br)CN(C)C(=O)c1cccc(OC)c1. The van der Waals surface area contributed by atoms with E-state index in [-0.39, 0.29) is 5.91 Å². The maximum atomic E-state index is 12.0. The Morgan fingerprint density at radius 3 is 2.81 bits per heavy atom. The number of rotatable bonds is 4. The standard InChI is InChI=1S/C12H14BrNO2/c1-9(13)8-14(2)12(15)10-5-4-6-11(7-10)16-3/h4-7H,1,8H2,2-3H3. The van der Waals surface area contributed by atoms with Crippen molar-refractivity contribution < 1.29 is 9.53 Å². The van der Waals surface area contributed by atoms with E-state index in [1.54, 1.807) is 43.3 Å². The van der Waals surface area contributed by atoms with Crippen molar-refractivity contribution in [1.29, 1.82) is 0 Å². The summed E-state index contributed by atoms with van der Waals surface area (Å²) in [5, 5.41) is 0. The first-order valence-corrected chi connectivity index (χ1v) is 5.56. The van der Waals surface area contributed by atoms with E-state index >= 15 is 0 Å². The van der Waals surface area contributed by atoms with E-state index in [9.17, 15) is 4.79 Å². The largest absolute Gasteiger partial charge is 0.497 e. The monoisotopic (exact) mass is 283 g/mol. The molecule has 0 spiro atoms. The molecule has 0 saturated carbocycles. The van der Waals surface area contributed by atoms with Crippen molar-refractivity contribution in [3.05, 3.63) is 40.9 Å². The van der Waals surface area contributed by atoms with Crippen LogP contribution in [0.3, 0.4) is 0 Å². The third kappa shape index (κ3) is 3.38. The van der Waals surface area contributed by atoms with Crippen LogP contribution in [0.2, 0.25) is 0 Å². The Labute approximate surface area is 104 Å². The first-order valence-electron chi connectivity index (χ1n) is 4.77. The lowest BCUT2D eigenvalue weighted by Gasteiger charge is -2.16. The van der Waals surface area contributed by atoms with Crippen molar-refractivity contribution in [2.24, 2.45) is 0 Å². The molecule has 4 heteroatoms. The van der Waals surface area contributed by atoms with Gasteiger partial charge in [-0.3, -0.25) is 4.79 Å². The first-order chi connectivity index (χ1) is 7.54. The summed E-state index contributed by atoms with van der Waals surface area (Å²) in [6, 6.07) is 7.08. The lowest BCUT2D eigenvalue weighted by molar-refractivity contribution is 0.0809. The van der Waals surface area contributed by atoms with Crippen molar-refractivity contribution in [2.45, 2.75) is 0 Å². The van der Waals surface area contributed by atoms with Crippen LogP contribution in [0.15, 0.2) is 35.3 Å². The first kappa shape index (κ1) is 12.8. The third-order valence-corrected chi connectivity index (χ3v) is 2.32. The van der Waals surface area contributed by atoms with Crippen LogP contribution in [0.5, 0.6) is 5.75 Å². The molecule has 0 aliphatic rings. The molecule has 0 N–H and O–H groups in total. The van der Waals surface area contributed by atoms with Gasteiger partial charge >= 0.3 is 0 Å². The maximum absolute atomic E-state index is 12.0. The van der Waals surface area contributed by atoms with Gasteiger partial charge in [0.05, 0.1) is 13.7 Å². The third-order valence-electron chi connectivity index (χ3n) is 2.07. The molecule has 1 rings (SSSR count). The van der Waals surface area contributed by atoms with E-state index in [1.807, 2.05) is 0 Å². The highest BCUT2D eigenvalue weighted by Crippen LogP contribution is 2.14. The van der Waals surface area contributed by atoms with Crippen LogP contribution in [-0.4, -0.2) is 31.5 Å². The normalized spacial score (nSPS) is 9.69. The van der Waals surface area contributed by atoms with E-state index in [0.29, 0.717) is 17.9 Å². The minimum atomic E-state index is -0.0560. The van der Waals surface area contributed by atoms with Crippen LogP contribution in [-0.2, 0) is 0 Å². The molecular weight excluding hydrogens is 270 g/mol. The van der Waals surface area contributed by atoms with Crippen LogP contribution in [0.25, 0.3) is 0 Å². The van der Waals surface area contributed by atoms with Gasteiger partial charge in [0, 0.05) is 17.1 Å². The zero-order valence-electron chi connectivity index (χ0n) is 9.37. The molecule has 16 heavy (non-hydrogen) atoms. The van der Waals surface area contributed by atoms with Crippen LogP contribution in [0.1, 0.15) is 10.4 Å². The zero-order valence-corrected chi connectivity index (χ0v) is 11.0. The zero-order chi connectivity index (χ0) is 12.1. The van der Waals surface area contributed by atoms with E-state index in [2.05, 4.69) is 22.5 Å². The lowest BCUT2D eigenvalue weighted by atomic mass is 10.2. The minimum Gasteiger partial charge on any atom is -0.497 e. The van der Waals surface area contributed by atoms with Crippen LogP contribution in [0, 0.1) is 0 Å². The average molecular weight is 284 g/mol. The molecule has 86 valence electrons. The molecule has 3 nitrogen and oxygen atoms in total. The summed E-state index contributed by atoms with van der Waals surface area (Å²) >= 11 is 3.23. The molecule has 1 amide bonds. The fourth-order valence-electron chi connectivity index (χ4n) is 1.31. The van der Waals surface area contributed by atoms with E-state index in [1.165, 1.54) is 0 Å². The number of carbonyl (C=O) groups is 1. The topological polar surface area (TPSA) is 29.5 Å². The lowest BCUT2D eigenvalue weighted by Crippen LogP contribution is -2.27. The second kappa shape index (κ2) is 5.70. The van der Waals surface area contributed by atoms with E-state index in [0.717, 1.165) is 4.48 Å². The Balaban J connectivity index is 2.83. The summed E-state index contributed by atoms with van der Waals surface area (Å²) in [5.74, 6) is 0.622. The van der Waals surface area contributed by atoms with Gasteiger partial charge in [0.2, 0.25) is 0 Å². The van der Waals surface area contributed by atoms with Gasteiger partial charge in [-0.05, 0) is 18.2 Å². The van der Waals surface area contributed by atoms with Crippen LogP contribution >= 0.6 is 15.9 Å². The molecule has 0 radical (unpaired) electrons. The summed E-state index contributed by atoms with van der Waals surface area (Å²) < 4.78 is 5.84. The molecule has 0 atom stereocenters. The maximum Gasteiger partial charge on any atom is 0.254 e. The van der Waals surface area contributed by atoms with Crippen LogP contribution < -0.4 is 4.74 Å². The van der Waals surface area contributed by atoms with Gasteiger partial charge in [0.1, 0.15) is 5.75 Å². The predicted molar refractivity (Wildman–Crippen MR) is 68.0 cm³/mol. The fraction of sp³-hybridized carbons (Fsp3) is 0.250. The Morgan fingerprint density at radius 1 is 1.56 bits per heavy atom. The summed E-state index contributed by atoms with van der Waals surface area (Å²) in [7, 11) is 3.31. The molecule has 0 unspecified atom stereocenters. The molecule has 0 fully saturated rings. The summed E-state index contributed by atoms with van der Waals surface area (Å²) in [5.41, 5.74) is 0.607. The van der Waals surface area contributed by atoms with Crippen LogP contribution in [0.4, 0.5) is 0 Å². The number of halogens is 1. The molecule has 1 aromatic rings. The smallest absolute Gasteiger partial charge is 0.254 e. The number of likely N-dealkylation sites (N-methyl/N-ethyl adjacent to an activating group) is 1.